The van der Waals surface area contributed by atoms with Crippen LogP contribution in [0.1, 0.15) is 15.9 Å². The van der Waals surface area contributed by atoms with Crippen LogP contribution in [0.2, 0.25) is 5.02 Å². The molecule has 2 rings (SSSR count). The van der Waals surface area contributed by atoms with Crippen LogP contribution in [-0.4, -0.2) is 23.0 Å². The quantitative estimate of drug-likeness (QED) is 0.776. The molecule has 0 saturated carbocycles. The summed E-state index contributed by atoms with van der Waals surface area (Å²) in [6.45, 7) is 0. The van der Waals surface area contributed by atoms with Gasteiger partial charge in [-0.3, -0.25) is 4.79 Å². The fraction of sp³-hybridized carbons (Fsp3) is 0.125. The Bertz CT molecular complexity index is 801. The van der Waals surface area contributed by atoms with Gasteiger partial charge in [-0.15, -0.1) is 0 Å². The Labute approximate surface area is 149 Å². The first-order chi connectivity index (χ1) is 11.3. The van der Waals surface area contributed by atoms with Crippen molar-refractivity contribution in [3.05, 3.63) is 68.7 Å². The molecule has 0 fully saturated rings. The molecule has 24 heavy (non-hydrogen) atoms. The molecule has 0 unspecified atom stereocenters. The molecule has 0 aliphatic heterocycles. The van der Waals surface area contributed by atoms with E-state index in [0.29, 0.717) is 15.1 Å². The first-order valence-electron chi connectivity index (χ1n) is 6.71. The Morgan fingerprint density at radius 2 is 1.96 bits per heavy atom. The largest absolute Gasteiger partial charge is 0.480 e. The lowest BCUT2D eigenvalue weighted by Gasteiger charge is -2.16. The van der Waals surface area contributed by atoms with Gasteiger partial charge in [0.05, 0.1) is 5.56 Å². The normalized spacial score (nSPS) is 11.8. The van der Waals surface area contributed by atoms with E-state index in [1.165, 1.54) is 0 Å². The Kier molecular flexibility index (Phi) is 5.90. The molecule has 0 aromatic heterocycles. The third-order valence-electron chi connectivity index (χ3n) is 3.23. The second kappa shape index (κ2) is 7.72. The number of nitrogens with one attached hydrogen (secondary N) is 1. The van der Waals surface area contributed by atoms with E-state index in [9.17, 15) is 23.5 Å². The maximum Gasteiger partial charge on any atom is 0.326 e. The Balaban J connectivity index is 2.22. The van der Waals surface area contributed by atoms with Crippen LogP contribution in [0.15, 0.2) is 40.9 Å². The van der Waals surface area contributed by atoms with Gasteiger partial charge in [-0.05, 0) is 35.9 Å². The van der Waals surface area contributed by atoms with Crippen LogP contribution in [0, 0.1) is 11.6 Å². The molecule has 8 heteroatoms. The molecular formula is C16H11BrClF2NO3. The topological polar surface area (TPSA) is 66.4 Å². The fourth-order valence-corrected chi connectivity index (χ4v) is 2.64. The molecule has 4 nitrogen and oxygen atoms in total. The number of hydrogen-bond acceptors (Lipinski definition) is 2. The summed E-state index contributed by atoms with van der Waals surface area (Å²) < 4.78 is 27.4. The molecule has 0 spiro atoms. The molecule has 1 amide bonds. The van der Waals surface area contributed by atoms with Crippen LogP contribution >= 0.6 is 27.5 Å². The minimum absolute atomic E-state index is 0.0842. The Morgan fingerprint density at radius 1 is 1.25 bits per heavy atom. The lowest BCUT2D eigenvalue weighted by atomic mass is 10.1. The maximum atomic E-state index is 13.6. The highest BCUT2D eigenvalue weighted by molar-refractivity contribution is 9.10. The van der Waals surface area contributed by atoms with Gasteiger partial charge in [-0.2, -0.15) is 0 Å². The molecule has 1 atom stereocenters. The molecule has 2 N–H and O–H groups in total. The van der Waals surface area contributed by atoms with Crippen molar-refractivity contribution in [1.29, 1.82) is 0 Å². The van der Waals surface area contributed by atoms with Crippen molar-refractivity contribution < 1.29 is 23.5 Å². The number of carbonyl (C=O) groups excluding carboxylic acids is 1. The number of carboxylic acids is 1. The van der Waals surface area contributed by atoms with Gasteiger partial charge in [0.1, 0.15) is 6.04 Å². The fourth-order valence-electron chi connectivity index (χ4n) is 2.03. The summed E-state index contributed by atoms with van der Waals surface area (Å²) in [5.41, 5.74) is -0.0127. The van der Waals surface area contributed by atoms with Crippen LogP contribution in [0.4, 0.5) is 8.78 Å². The zero-order valence-electron chi connectivity index (χ0n) is 12.0. The number of aliphatic carboxylic acids is 1. The molecule has 2 aromatic carbocycles. The van der Waals surface area contributed by atoms with Gasteiger partial charge in [0.15, 0.2) is 11.6 Å². The first-order valence-corrected chi connectivity index (χ1v) is 7.88. The summed E-state index contributed by atoms with van der Waals surface area (Å²) in [6.07, 6.45) is -0.0842. The van der Waals surface area contributed by atoms with Gasteiger partial charge < -0.3 is 10.4 Å². The Hall–Kier alpha value is -1.99. The van der Waals surface area contributed by atoms with Crippen molar-refractivity contribution in [2.24, 2.45) is 0 Å². The minimum Gasteiger partial charge on any atom is -0.480 e. The van der Waals surface area contributed by atoms with Crippen molar-refractivity contribution in [2.45, 2.75) is 12.5 Å². The molecule has 2 aromatic rings. The molecule has 0 bridgehead atoms. The van der Waals surface area contributed by atoms with E-state index >= 15 is 0 Å². The lowest BCUT2D eigenvalue weighted by Crippen LogP contribution is -2.42. The number of amides is 1. The predicted molar refractivity (Wildman–Crippen MR) is 88.1 cm³/mol. The summed E-state index contributed by atoms with van der Waals surface area (Å²) in [4.78, 5) is 23.4. The van der Waals surface area contributed by atoms with Crippen molar-refractivity contribution in [3.63, 3.8) is 0 Å². The standard InChI is InChI=1S/C16H11BrClF2NO3/c17-11-5-4-9(18)6-8(11)7-13(16(23)24)21-15(22)10-2-1-3-12(19)14(10)20/h1-6,13H,7H2,(H,21,22)(H,23,24)/t13-/m1/s1. The van der Waals surface area contributed by atoms with Crippen LogP contribution in [0.3, 0.4) is 0 Å². The number of rotatable bonds is 5. The zero-order chi connectivity index (χ0) is 17.9. The van der Waals surface area contributed by atoms with E-state index in [1.54, 1.807) is 18.2 Å². The van der Waals surface area contributed by atoms with E-state index in [2.05, 4.69) is 21.2 Å². The molecule has 126 valence electrons. The van der Waals surface area contributed by atoms with Crippen molar-refractivity contribution in [3.8, 4) is 0 Å². The molecular weight excluding hydrogens is 408 g/mol. The third kappa shape index (κ3) is 4.30. The van der Waals surface area contributed by atoms with E-state index in [4.69, 9.17) is 11.6 Å². The SMILES string of the molecule is O=C(N[C@H](Cc1cc(Cl)ccc1Br)C(=O)O)c1cccc(F)c1F. The molecule has 0 aliphatic rings. The third-order valence-corrected chi connectivity index (χ3v) is 4.24. The van der Waals surface area contributed by atoms with Gasteiger partial charge >= 0.3 is 5.97 Å². The van der Waals surface area contributed by atoms with Crippen LogP contribution in [0.5, 0.6) is 0 Å². The number of hydrogen-bond donors (Lipinski definition) is 2. The van der Waals surface area contributed by atoms with E-state index < -0.39 is 35.1 Å². The maximum absolute atomic E-state index is 13.6. The molecule has 0 aliphatic carbocycles. The van der Waals surface area contributed by atoms with Gasteiger partial charge in [0.25, 0.3) is 5.91 Å². The Morgan fingerprint density at radius 3 is 2.62 bits per heavy atom. The number of halogens is 4. The molecule has 0 saturated heterocycles. The summed E-state index contributed by atoms with van der Waals surface area (Å²) in [5, 5.41) is 11.9. The minimum atomic E-state index is -1.34. The smallest absolute Gasteiger partial charge is 0.326 e. The van der Waals surface area contributed by atoms with Gasteiger partial charge in [-0.25, -0.2) is 13.6 Å². The van der Waals surface area contributed by atoms with Crippen molar-refractivity contribution in [1.82, 2.24) is 5.32 Å². The summed E-state index contributed by atoms with van der Waals surface area (Å²) in [5.74, 6) is -4.85. The number of carboxylic acid groups (broad SMARTS) is 1. The van der Waals surface area contributed by atoms with Crippen LogP contribution < -0.4 is 5.32 Å². The van der Waals surface area contributed by atoms with Crippen molar-refractivity contribution >= 4 is 39.4 Å². The lowest BCUT2D eigenvalue weighted by molar-refractivity contribution is -0.139. The summed E-state index contributed by atoms with van der Waals surface area (Å²) in [7, 11) is 0. The molecule has 0 heterocycles. The zero-order valence-corrected chi connectivity index (χ0v) is 14.4. The average Bonchev–Trinajstić information content (AvgIpc) is 2.52. The van der Waals surface area contributed by atoms with Crippen molar-refractivity contribution in [2.75, 3.05) is 0 Å². The van der Waals surface area contributed by atoms with Gasteiger partial charge in [0, 0.05) is 15.9 Å². The second-order valence-corrected chi connectivity index (χ2v) is 6.20. The van der Waals surface area contributed by atoms with E-state index in [-0.39, 0.29) is 6.42 Å². The summed E-state index contributed by atoms with van der Waals surface area (Å²) in [6, 6.07) is 6.57. The van der Waals surface area contributed by atoms with Crippen LogP contribution in [0.25, 0.3) is 0 Å². The molecule has 0 radical (unpaired) electrons. The average molecular weight is 419 g/mol. The highest BCUT2D eigenvalue weighted by atomic mass is 79.9. The second-order valence-electron chi connectivity index (χ2n) is 4.91. The van der Waals surface area contributed by atoms with E-state index in [0.717, 1.165) is 18.2 Å². The van der Waals surface area contributed by atoms with E-state index in [1.807, 2.05) is 0 Å². The van der Waals surface area contributed by atoms with Gasteiger partial charge in [0.2, 0.25) is 0 Å². The van der Waals surface area contributed by atoms with Gasteiger partial charge in [-0.1, -0.05) is 33.6 Å². The van der Waals surface area contributed by atoms with Crippen LogP contribution in [-0.2, 0) is 11.2 Å². The number of carbonyl (C=O) groups is 2. The summed E-state index contributed by atoms with van der Waals surface area (Å²) >= 11 is 9.14. The predicted octanol–water partition coefficient (Wildman–Crippen LogP) is 3.81. The highest BCUT2D eigenvalue weighted by Gasteiger charge is 2.24. The number of benzene rings is 2. The first kappa shape index (κ1) is 18.4. The highest BCUT2D eigenvalue weighted by Crippen LogP contribution is 2.22. The monoisotopic (exact) mass is 417 g/mol.